The summed E-state index contributed by atoms with van der Waals surface area (Å²) >= 11 is 3.50. The Kier molecular flexibility index (Phi) is 5.48. The zero-order valence-corrected chi connectivity index (χ0v) is 18.6. The molecule has 0 spiro atoms. The van der Waals surface area contributed by atoms with Gasteiger partial charge in [-0.25, -0.2) is 9.97 Å². The van der Waals surface area contributed by atoms with Gasteiger partial charge in [-0.05, 0) is 43.4 Å². The van der Waals surface area contributed by atoms with E-state index in [1.165, 1.54) is 4.70 Å². The van der Waals surface area contributed by atoms with Crippen LogP contribution in [-0.2, 0) is 17.1 Å². The SMILES string of the molecule is CSCc1nc2ccccc2n1CC(=O)N1CCC[C@@H](c2nc3ccccc3s2)C1. The van der Waals surface area contributed by atoms with E-state index in [0.717, 1.165) is 59.1 Å². The minimum Gasteiger partial charge on any atom is -0.340 e. The van der Waals surface area contributed by atoms with Crippen molar-refractivity contribution in [1.82, 2.24) is 19.4 Å². The van der Waals surface area contributed by atoms with Gasteiger partial charge in [0.05, 0.1) is 32.0 Å². The molecule has 1 amide bonds. The maximum atomic E-state index is 13.3. The number of hydrogen-bond donors (Lipinski definition) is 0. The molecular weight excluding hydrogens is 412 g/mol. The topological polar surface area (TPSA) is 51.0 Å². The zero-order chi connectivity index (χ0) is 20.5. The third kappa shape index (κ3) is 3.72. The predicted octanol–water partition coefficient (Wildman–Crippen LogP) is 4.92. The number of rotatable bonds is 5. The molecule has 7 heteroatoms. The van der Waals surface area contributed by atoms with Crippen LogP contribution in [0.15, 0.2) is 48.5 Å². The average Bonchev–Trinajstić information content (AvgIpc) is 3.36. The van der Waals surface area contributed by atoms with Gasteiger partial charge in [-0.2, -0.15) is 11.8 Å². The highest BCUT2D eigenvalue weighted by molar-refractivity contribution is 7.97. The molecule has 1 atom stereocenters. The van der Waals surface area contributed by atoms with Crippen molar-refractivity contribution in [3.05, 3.63) is 59.4 Å². The molecular formula is C23H24N4OS2. The average molecular weight is 437 g/mol. The Morgan fingerprint density at radius 1 is 1.13 bits per heavy atom. The van der Waals surface area contributed by atoms with E-state index in [4.69, 9.17) is 9.97 Å². The lowest BCUT2D eigenvalue weighted by Crippen LogP contribution is -2.41. The standard InChI is InChI=1S/C23H24N4OS2/c1-29-15-21-24-17-8-2-4-10-19(17)27(21)14-22(28)26-12-6-7-16(13-26)23-25-18-9-3-5-11-20(18)30-23/h2-5,8-11,16H,6-7,12-15H2,1H3/t16-/m1/s1. The maximum absolute atomic E-state index is 13.3. The number of aromatic nitrogens is 3. The van der Waals surface area contributed by atoms with Crippen LogP contribution in [0.3, 0.4) is 0 Å². The number of para-hydroxylation sites is 3. The van der Waals surface area contributed by atoms with Crippen molar-refractivity contribution >= 4 is 50.3 Å². The van der Waals surface area contributed by atoms with Crippen molar-refractivity contribution in [1.29, 1.82) is 0 Å². The largest absolute Gasteiger partial charge is 0.340 e. The molecule has 1 aliphatic heterocycles. The Morgan fingerprint density at radius 3 is 2.77 bits per heavy atom. The number of thioether (sulfide) groups is 1. The quantitative estimate of drug-likeness (QED) is 0.446. The molecule has 2 aromatic heterocycles. The lowest BCUT2D eigenvalue weighted by atomic mass is 9.98. The van der Waals surface area contributed by atoms with E-state index < -0.39 is 0 Å². The van der Waals surface area contributed by atoms with E-state index in [-0.39, 0.29) is 5.91 Å². The summed E-state index contributed by atoms with van der Waals surface area (Å²) < 4.78 is 3.32. The summed E-state index contributed by atoms with van der Waals surface area (Å²) in [5, 5.41) is 1.16. The number of benzene rings is 2. The second kappa shape index (κ2) is 8.40. The van der Waals surface area contributed by atoms with Gasteiger partial charge in [-0.15, -0.1) is 11.3 Å². The van der Waals surface area contributed by atoms with Crippen LogP contribution < -0.4 is 0 Å². The van der Waals surface area contributed by atoms with Crippen molar-refractivity contribution < 1.29 is 4.79 Å². The first kappa shape index (κ1) is 19.6. The summed E-state index contributed by atoms with van der Waals surface area (Å²) in [6.07, 6.45) is 4.18. The lowest BCUT2D eigenvalue weighted by Gasteiger charge is -2.32. The lowest BCUT2D eigenvalue weighted by molar-refractivity contribution is -0.133. The molecule has 1 saturated heterocycles. The highest BCUT2D eigenvalue weighted by Gasteiger charge is 2.27. The molecule has 1 fully saturated rings. The molecule has 30 heavy (non-hydrogen) atoms. The molecule has 2 aromatic carbocycles. The van der Waals surface area contributed by atoms with Crippen LogP contribution in [0.25, 0.3) is 21.3 Å². The highest BCUT2D eigenvalue weighted by atomic mass is 32.2. The van der Waals surface area contributed by atoms with Crippen molar-refractivity contribution in [2.24, 2.45) is 0 Å². The van der Waals surface area contributed by atoms with Crippen LogP contribution in [0.5, 0.6) is 0 Å². The Morgan fingerprint density at radius 2 is 1.93 bits per heavy atom. The van der Waals surface area contributed by atoms with Crippen LogP contribution in [0, 0.1) is 0 Å². The summed E-state index contributed by atoms with van der Waals surface area (Å²) in [5.41, 5.74) is 3.06. The molecule has 0 aliphatic carbocycles. The van der Waals surface area contributed by atoms with Crippen molar-refractivity contribution in [2.45, 2.75) is 31.1 Å². The van der Waals surface area contributed by atoms with E-state index in [0.29, 0.717) is 12.5 Å². The Labute approximate surface area is 184 Å². The number of carbonyl (C=O) groups excluding carboxylic acids is 1. The van der Waals surface area contributed by atoms with E-state index in [1.54, 1.807) is 23.1 Å². The van der Waals surface area contributed by atoms with Crippen LogP contribution in [-0.4, -0.2) is 44.7 Å². The Balaban J connectivity index is 1.36. The first-order chi connectivity index (χ1) is 14.7. The second-order valence-corrected chi connectivity index (χ2v) is 9.66. The summed E-state index contributed by atoms with van der Waals surface area (Å²) in [6.45, 7) is 1.93. The molecule has 0 N–H and O–H groups in total. The molecule has 5 rings (SSSR count). The van der Waals surface area contributed by atoms with E-state index in [1.807, 2.05) is 29.2 Å². The molecule has 154 valence electrons. The number of imidazole rings is 1. The number of thiazole rings is 1. The molecule has 1 aliphatic rings. The van der Waals surface area contributed by atoms with Gasteiger partial charge in [0, 0.05) is 19.0 Å². The van der Waals surface area contributed by atoms with Gasteiger partial charge in [0.1, 0.15) is 12.4 Å². The second-order valence-electron chi connectivity index (χ2n) is 7.73. The smallest absolute Gasteiger partial charge is 0.242 e. The first-order valence-corrected chi connectivity index (χ1v) is 12.5. The summed E-state index contributed by atoms with van der Waals surface area (Å²) in [6, 6.07) is 16.4. The number of likely N-dealkylation sites (tertiary alicyclic amines) is 1. The number of fused-ring (bicyclic) bond motifs is 2. The molecule has 0 radical (unpaired) electrons. The van der Waals surface area contributed by atoms with E-state index in [2.05, 4.69) is 35.1 Å². The van der Waals surface area contributed by atoms with Crippen LogP contribution in [0.1, 0.15) is 29.6 Å². The van der Waals surface area contributed by atoms with Gasteiger partial charge in [0.25, 0.3) is 0 Å². The summed E-state index contributed by atoms with van der Waals surface area (Å²) in [7, 11) is 0. The molecule has 5 nitrogen and oxygen atoms in total. The number of carbonyl (C=O) groups is 1. The normalized spacial score (nSPS) is 17.1. The fourth-order valence-corrected chi connectivity index (χ4v) is 5.82. The zero-order valence-electron chi connectivity index (χ0n) is 17.0. The monoisotopic (exact) mass is 436 g/mol. The van der Waals surface area contributed by atoms with Crippen molar-refractivity contribution in [3.63, 3.8) is 0 Å². The van der Waals surface area contributed by atoms with Crippen LogP contribution in [0.2, 0.25) is 0 Å². The molecule has 0 saturated carbocycles. The van der Waals surface area contributed by atoms with E-state index >= 15 is 0 Å². The number of amides is 1. The van der Waals surface area contributed by atoms with Crippen LogP contribution in [0.4, 0.5) is 0 Å². The Bertz CT molecular complexity index is 1170. The maximum Gasteiger partial charge on any atom is 0.242 e. The van der Waals surface area contributed by atoms with Crippen LogP contribution >= 0.6 is 23.1 Å². The number of nitrogens with zero attached hydrogens (tertiary/aromatic N) is 4. The molecule has 4 aromatic rings. The molecule has 3 heterocycles. The van der Waals surface area contributed by atoms with Gasteiger partial charge in [0.2, 0.25) is 5.91 Å². The van der Waals surface area contributed by atoms with Gasteiger partial charge in [-0.3, -0.25) is 4.79 Å². The van der Waals surface area contributed by atoms with Gasteiger partial charge < -0.3 is 9.47 Å². The molecule has 0 bridgehead atoms. The third-order valence-electron chi connectivity index (χ3n) is 5.73. The minimum absolute atomic E-state index is 0.173. The minimum atomic E-state index is 0.173. The third-order valence-corrected chi connectivity index (χ3v) is 7.48. The fraction of sp³-hybridized carbons (Fsp3) is 0.348. The van der Waals surface area contributed by atoms with Gasteiger partial charge in [0.15, 0.2) is 0 Å². The summed E-state index contributed by atoms with van der Waals surface area (Å²) in [4.78, 5) is 24.9. The van der Waals surface area contributed by atoms with Crippen molar-refractivity contribution in [2.75, 3.05) is 19.3 Å². The number of piperidine rings is 1. The molecule has 0 unspecified atom stereocenters. The predicted molar refractivity (Wildman–Crippen MR) is 125 cm³/mol. The highest BCUT2D eigenvalue weighted by Crippen LogP contribution is 2.33. The first-order valence-electron chi connectivity index (χ1n) is 10.3. The van der Waals surface area contributed by atoms with Gasteiger partial charge >= 0.3 is 0 Å². The Hall–Kier alpha value is -2.38. The number of hydrogen-bond acceptors (Lipinski definition) is 5. The van der Waals surface area contributed by atoms with Crippen molar-refractivity contribution in [3.8, 4) is 0 Å². The van der Waals surface area contributed by atoms with Gasteiger partial charge in [-0.1, -0.05) is 24.3 Å². The summed E-state index contributed by atoms with van der Waals surface area (Å²) in [5.74, 6) is 2.27. The van der Waals surface area contributed by atoms with E-state index in [9.17, 15) is 4.79 Å². The fourth-order valence-electron chi connectivity index (χ4n) is 4.25.